The van der Waals surface area contributed by atoms with Crippen molar-refractivity contribution in [1.29, 1.82) is 0 Å². The van der Waals surface area contributed by atoms with Gasteiger partial charge in [0, 0.05) is 37.3 Å². The maximum absolute atomic E-state index is 12.7. The molecule has 0 spiro atoms. The molecule has 146 valence electrons. The third-order valence-electron chi connectivity index (χ3n) is 4.65. The Bertz CT molecular complexity index is 872. The maximum Gasteiger partial charge on any atom is 0.243 e. The van der Waals surface area contributed by atoms with Gasteiger partial charge < -0.3 is 15.1 Å². The number of hydrogen-bond acceptors (Lipinski definition) is 3. The van der Waals surface area contributed by atoms with Crippen LogP contribution in [-0.2, 0) is 20.9 Å². The van der Waals surface area contributed by atoms with Gasteiger partial charge in [0.1, 0.15) is 0 Å². The average Bonchev–Trinajstić information content (AvgIpc) is 3.02. The van der Waals surface area contributed by atoms with E-state index in [1.54, 1.807) is 36.2 Å². The Balaban J connectivity index is 1.53. The van der Waals surface area contributed by atoms with Crippen LogP contribution in [0.3, 0.4) is 0 Å². The number of anilines is 1. The van der Waals surface area contributed by atoms with E-state index in [2.05, 4.69) is 5.32 Å². The molecule has 0 saturated carbocycles. The Morgan fingerprint density at radius 1 is 1.18 bits per heavy atom. The summed E-state index contributed by atoms with van der Waals surface area (Å²) in [6, 6.07) is 16.5. The summed E-state index contributed by atoms with van der Waals surface area (Å²) in [5.41, 5.74) is 1.60. The molecule has 3 amide bonds. The fourth-order valence-corrected chi connectivity index (χ4v) is 3.46. The van der Waals surface area contributed by atoms with Crippen LogP contribution in [0, 0.1) is 5.92 Å². The minimum atomic E-state index is -0.430. The summed E-state index contributed by atoms with van der Waals surface area (Å²) in [7, 11) is 1.57. The Hall–Kier alpha value is -2.86. The van der Waals surface area contributed by atoms with Crippen LogP contribution in [-0.4, -0.2) is 47.7 Å². The number of carbonyl (C=O) groups is 3. The summed E-state index contributed by atoms with van der Waals surface area (Å²) in [6.07, 6.45) is 0.173. The molecule has 0 bridgehead atoms. The second-order valence-corrected chi connectivity index (χ2v) is 7.35. The Kier molecular flexibility index (Phi) is 6.31. The van der Waals surface area contributed by atoms with Gasteiger partial charge in [-0.05, 0) is 23.8 Å². The molecule has 0 aromatic heterocycles. The molecule has 3 rings (SSSR count). The molecule has 0 radical (unpaired) electrons. The van der Waals surface area contributed by atoms with Crippen LogP contribution in [0.15, 0.2) is 54.6 Å². The highest BCUT2D eigenvalue weighted by Crippen LogP contribution is 2.22. The normalized spacial score (nSPS) is 16.1. The second kappa shape index (κ2) is 8.89. The molecule has 28 heavy (non-hydrogen) atoms. The number of amides is 3. The van der Waals surface area contributed by atoms with Crippen LogP contribution in [0.4, 0.5) is 5.69 Å². The molecule has 1 aliphatic heterocycles. The van der Waals surface area contributed by atoms with Gasteiger partial charge in [-0.2, -0.15) is 0 Å². The van der Waals surface area contributed by atoms with Gasteiger partial charge in [-0.1, -0.05) is 48.0 Å². The molecule has 7 heteroatoms. The van der Waals surface area contributed by atoms with Crippen molar-refractivity contribution in [2.75, 3.05) is 25.5 Å². The highest BCUT2D eigenvalue weighted by Gasteiger charge is 2.35. The van der Waals surface area contributed by atoms with Gasteiger partial charge in [0.05, 0.1) is 12.5 Å². The maximum atomic E-state index is 12.7. The summed E-state index contributed by atoms with van der Waals surface area (Å²) in [6.45, 7) is 0.768. The Morgan fingerprint density at radius 2 is 1.93 bits per heavy atom. The van der Waals surface area contributed by atoms with Gasteiger partial charge in [-0.25, -0.2) is 0 Å². The second-order valence-electron chi connectivity index (χ2n) is 6.91. The molecule has 1 saturated heterocycles. The molecule has 1 aliphatic rings. The van der Waals surface area contributed by atoms with Crippen molar-refractivity contribution in [1.82, 2.24) is 9.80 Å². The molecule has 1 heterocycles. The number of hydrogen-bond donors (Lipinski definition) is 1. The van der Waals surface area contributed by atoms with Crippen molar-refractivity contribution in [3.05, 3.63) is 65.2 Å². The SMILES string of the molecule is CN(CC(=O)Nc1cccc(Cl)c1)C(=O)C1CC(=O)N(Cc2ccccc2)C1. The molecule has 0 aliphatic carbocycles. The molecule has 1 unspecified atom stereocenters. The summed E-state index contributed by atoms with van der Waals surface area (Å²) >= 11 is 5.90. The van der Waals surface area contributed by atoms with Crippen molar-refractivity contribution in [3.63, 3.8) is 0 Å². The van der Waals surface area contributed by atoms with Crippen LogP contribution in [0.5, 0.6) is 0 Å². The summed E-state index contributed by atoms with van der Waals surface area (Å²) in [5, 5.41) is 3.23. The third kappa shape index (κ3) is 5.10. The summed E-state index contributed by atoms with van der Waals surface area (Å²) in [4.78, 5) is 40.2. The van der Waals surface area contributed by atoms with E-state index < -0.39 is 5.92 Å². The van der Waals surface area contributed by atoms with Crippen LogP contribution >= 0.6 is 11.6 Å². The molecular weight excluding hydrogens is 378 g/mol. The van der Waals surface area contributed by atoms with Crippen molar-refractivity contribution < 1.29 is 14.4 Å². The zero-order valence-corrected chi connectivity index (χ0v) is 16.4. The quantitative estimate of drug-likeness (QED) is 0.812. The first-order chi connectivity index (χ1) is 13.4. The first-order valence-corrected chi connectivity index (χ1v) is 9.42. The van der Waals surface area contributed by atoms with Crippen molar-refractivity contribution in [3.8, 4) is 0 Å². The van der Waals surface area contributed by atoms with Crippen molar-refractivity contribution in [2.45, 2.75) is 13.0 Å². The van der Waals surface area contributed by atoms with E-state index in [-0.39, 0.29) is 30.7 Å². The largest absolute Gasteiger partial charge is 0.338 e. The fraction of sp³-hybridized carbons (Fsp3) is 0.286. The van der Waals surface area contributed by atoms with E-state index in [9.17, 15) is 14.4 Å². The van der Waals surface area contributed by atoms with Gasteiger partial charge in [0.2, 0.25) is 17.7 Å². The van der Waals surface area contributed by atoms with Gasteiger partial charge >= 0.3 is 0 Å². The van der Waals surface area contributed by atoms with Gasteiger partial charge in [0.25, 0.3) is 0 Å². The van der Waals surface area contributed by atoms with Crippen LogP contribution < -0.4 is 5.32 Å². The lowest BCUT2D eigenvalue weighted by atomic mass is 10.1. The third-order valence-corrected chi connectivity index (χ3v) is 4.88. The van der Waals surface area contributed by atoms with Gasteiger partial charge in [0.15, 0.2) is 0 Å². The molecule has 1 N–H and O–H groups in total. The molecular formula is C21H22ClN3O3. The topological polar surface area (TPSA) is 69.7 Å². The molecule has 2 aromatic rings. The van der Waals surface area contributed by atoms with E-state index in [1.165, 1.54) is 4.90 Å². The van der Waals surface area contributed by atoms with Crippen LogP contribution in [0.1, 0.15) is 12.0 Å². The number of nitrogens with one attached hydrogen (secondary N) is 1. The van der Waals surface area contributed by atoms with Crippen molar-refractivity contribution in [2.24, 2.45) is 5.92 Å². The van der Waals surface area contributed by atoms with Crippen LogP contribution in [0.25, 0.3) is 0 Å². The number of likely N-dealkylation sites (tertiary alicyclic amines) is 1. The Morgan fingerprint density at radius 3 is 2.64 bits per heavy atom. The first-order valence-electron chi connectivity index (χ1n) is 9.04. The van der Waals surface area contributed by atoms with Gasteiger partial charge in [-0.3, -0.25) is 14.4 Å². The molecule has 1 fully saturated rings. The number of rotatable bonds is 6. The van der Waals surface area contributed by atoms with E-state index in [0.29, 0.717) is 23.8 Å². The number of halogens is 1. The van der Waals surface area contributed by atoms with E-state index in [4.69, 9.17) is 11.6 Å². The number of carbonyl (C=O) groups excluding carboxylic acids is 3. The molecule has 2 aromatic carbocycles. The average molecular weight is 400 g/mol. The summed E-state index contributed by atoms with van der Waals surface area (Å²) in [5.74, 6) is -0.993. The van der Waals surface area contributed by atoms with E-state index in [1.807, 2.05) is 30.3 Å². The molecule has 6 nitrogen and oxygen atoms in total. The minimum Gasteiger partial charge on any atom is -0.338 e. The fourth-order valence-electron chi connectivity index (χ4n) is 3.27. The first kappa shape index (κ1) is 19.9. The van der Waals surface area contributed by atoms with Gasteiger partial charge in [-0.15, -0.1) is 0 Å². The summed E-state index contributed by atoms with van der Waals surface area (Å²) < 4.78 is 0. The smallest absolute Gasteiger partial charge is 0.243 e. The molecule has 1 atom stereocenters. The predicted octanol–water partition coefficient (Wildman–Crippen LogP) is 2.79. The number of benzene rings is 2. The lowest BCUT2D eigenvalue weighted by Gasteiger charge is -2.21. The number of likely N-dealkylation sites (N-methyl/N-ethyl adjacent to an activating group) is 1. The lowest BCUT2D eigenvalue weighted by Crippen LogP contribution is -2.39. The van der Waals surface area contributed by atoms with E-state index in [0.717, 1.165) is 5.56 Å². The minimum absolute atomic E-state index is 0.0426. The number of nitrogens with zero attached hydrogens (tertiary/aromatic N) is 2. The van der Waals surface area contributed by atoms with Crippen LogP contribution in [0.2, 0.25) is 5.02 Å². The van der Waals surface area contributed by atoms with Crippen molar-refractivity contribution >= 4 is 35.0 Å². The zero-order chi connectivity index (χ0) is 20.1. The lowest BCUT2D eigenvalue weighted by molar-refractivity contribution is -0.137. The van der Waals surface area contributed by atoms with E-state index >= 15 is 0 Å². The standard InChI is InChI=1S/C21H22ClN3O3/c1-24(14-19(26)23-18-9-5-8-17(22)11-18)21(28)16-10-20(27)25(13-16)12-15-6-3-2-4-7-15/h2-9,11,16H,10,12-14H2,1H3,(H,23,26). The predicted molar refractivity (Wildman–Crippen MR) is 108 cm³/mol. The Labute approximate surface area is 169 Å². The highest BCUT2D eigenvalue weighted by molar-refractivity contribution is 6.30. The highest BCUT2D eigenvalue weighted by atomic mass is 35.5. The monoisotopic (exact) mass is 399 g/mol. The zero-order valence-electron chi connectivity index (χ0n) is 15.6.